The Morgan fingerprint density at radius 2 is 1.51 bits per heavy atom. The van der Waals surface area contributed by atoms with Crippen LogP contribution in [0.25, 0.3) is 0 Å². The number of aldehydes is 1. The highest BCUT2D eigenvalue weighted by molar-refractivity contribution is 5.95. The van der Waals surface area contributed by atoms with Crippen molar-refractivity contribution in [3.8, 4) is 0 Å². The maximum atomic E-state index is 13.0. The molecule has 0 aromatic carbocycles. The van der Waals surface area contributed by atoms with E-state index in [1.54, 1.807) is 13.8 Å². The maximum absolute atomic E-state index is 13.0. The topological polar surface area (TPSA) is 247 Å². The van der Waals surface area contributed by atoms with Crippen LogP contribution >= 0.6 is 0 Å². The molecule has 5 amide bonds. The van der Waals surface area contributed by atoms with Gasteiger partial charge in [0.15, 0.2) is 5.96 Å². The van der Waals surface area contributed by atoms with Crippen molar-refractivity contribution in [1.29, 1.82) is 0 Å². The van der Waals surface area contributed by atoms with Crippen LogP contribution in [0.3, 0.4) is 0 Å². The van der Waals surface area contributed by atoms with Crippen molar-refractivity contribution < 1.29 is 33.9 Å². The fourth-order valence-corrected chi connectivity index (χ4v) is 3.41. The smallest absolute Gasteiger partial charge is 0.245 e. The molecule has 0 unspecified atom stereocenters. The lowest BCUT2D eigenvalue weighted by molar-refractivity contribution is -0.135. The summed E-state index contributed by atoms with van der Waals surface area (Å²) in [5.74, 6) is -3.68. The second-order valence-corrected chi connectivity index (χ2v) is 9.83. The normalized spacial score (nSPS) is 13.8. The van der Waals surface area contributed by atoms with Crippen LogP contribution in [0.1, 0.15) is 53.9 Å². The Balaban J connectivity index is 5.46. The van der Waals surface area contributed by atoms with Gasteiger partial charge in [0.25, 0.3) is 0 Å². The van der Waals surface area contributed by atoms with Gasteiger partial charge in [0, 0.05) is 13.5 Å². The van der Waals surface area contributed by atoms with E-state index in [0.717, 1.165) is 0 Å². The Kier molecular flexibility index (Phi) is 16.7. The highest BCUT2D eigenvalue weighted by atomic mass is 16.3. The first-order chi connectivity index (χ1) is 18.2. The summed E-state index contributed by atoms with van der Waals surface area (Å²) in [4.78, 5) is 77.1. The molecular weight excluding hydrogens is 512 g/mol. The second kappa shape index (κ2) is 18.5. The van der Waals surface area contributed by atoms with E-state index < -0.39 is 60.3 Å². The van der Waals surface area contributed by atoms with Crippen molar-refractivity contribution in [3.05, 3.63) is 0 Å². The summed E-state index contributed by atoms with van der Waals surface area (Å²) in [6.07, 6.45) is 1.41. The summed E-state index contributed by atoms with van der Waals surface area (Å²) in [6.45, 7) is 7.39. The number of nitrogens with two attached hydrogens (primary N) is 2. The van der Waals surface area contributed by atoms with Gasteiger partial charge in [-0.25, -0.2) is 0 Å². The summed E-state index contributed by atoms with van der Waals surface area (Å²) >= 11 is 0. The Morgan fingerprint density at radius 1 is 0.897 bits per heavy atom. The van der Waals surface area contributed by atoms with E-state index in [1.165, 1.54) is 6.92 Å². The van der Waals surface area contributed by atoms with Gasteiger partial charge in [0.05, 0.1) is 19.2 Å². The third-order valence-electron chi connectivity index (χ3n) is 5.37. The Hall–Kier alpha value is -3.75. The lowest BCUT2D eigenvalue weighted by atomic mass is 10.0. The molecule has 0 radical (unpaired) electrons. The molecule has 222 valence electrons. The van der Waals surface area contributed by atoms with Crippen molar-refractivity contribution in [2.24, 2.45) is 28.3 Å². The zero-order chi connectivity index (χ0) is 30.1. The van der Waals surface area contributed by atoms with E-state index in [-0.39, 0.29) is 43.7 Å². The predicted octanol–water partition coefficient (Wildman–Crippen LogP) is -2.99. The van der Waals surface area contributed by atoms with Gasteiger partial charge in [-0.3, -0.25) is 29.0 Å². The molecule has 0 spiro atoms. The van der Waals surface area contributed by atoms with Crippen LogP contribution in [-0.2, 0) is 28.8 Å². The monoisotopic (exact) mass is 556 g/mol. The number of aliphatic hydroxyl groups is 1. The van der Waals surface area contributed by atoms with Gasteiger partial charge in [0.1, 0.15) is 24.4 Å². The minimum Gasteiger partial charge on any atom is -0.394 e. The van der Waals surface area contributed by atoms with E-state index >= 15 is 0 Å². The van der Waals surface area contributed by atoms with E-state index in [9.17, 15) is 33.9 Å². The standard InChI is InChI=1S/C24H44N8O7/c1-13(2)9-16(11-33)29-23(39)20(14(3)4)32-22(38)18(12-34)31-21(37)17(7-6-8-27-24(25)26)30-19(36)10-28-15(5)35/h11,13-14,16-18,20,34H,6-10,12H2,1-5H3,(H,28,35)(H,29,39)(H,30,36)(H,31,37)(H,32,38)(H4,25,26,27)/t16-,17-,18-,20-/m0/s1. The number of nitrogens with zero attached hydrogens (tertiary/aromatic N) is 1. The Labute approximate surface area is 228 Å². The van der Waals surface area contributed by atoms with Crippen molar-refractivity contribution in [2.75, 3.05) is 19.7 Å². The van der Waals surface area contributed by atoms with Crippen LogP contribution in [0.2, 0.25) is 0 Å². The molecule has 0 aliphatic heterocycles. The highest BCUT2D eigenvalue weighted by Crippen LogP contribution is 2.07. The number of hydrogen-bond acceptors (Lipinski definition) is 8. The number of nitrogens with one attached hydrogen (secondary N) is 5. The van der Waals surface area contributed by atoms with Gasteiger partial charge < -0.3 is 48.0 Å². The molecule has 39 heavy (non-hydrogen) atoms. The lowest BCUT2D eigenvalue weighted by Gasteiger charge is -2.27. The average molecular weight is 557 g/mol. The van der Waals surface area contributed by atoms with E-state index in [0.29, 0.717) is 12.7 Å². The number of aliphatic hydroxyl groups excluding tert-OH is 1. The molecule has 0 rings (SSSR count). The highest BCUT2D eigenvalue weighted by Gasteiger charge is 2.31. The van der Waals surface area contributed by atoms with Crippen LogP contribution < -0.4 is 38.1 Å². The van der Waals surface area contributed by atoms with Crippen molar-refractivity contribution in [1.82, 2.24) is 26.6 Å². The first-order valence-electron chi connectivity index (χ1n) is 12.8. The summed E-state index contributed by atoms with van der Waals surface area (Å²) in [7, 11) is 0. The molecule has 0 aliphatic rings. The van der Waals surface area contributed by atoms with E-state index in [1.807, 2.05) is 13.8 Å². The van der Waals surface area contributed by atoms with Crippen LogP contribution in [0.4, 0.5) is 0 Å². The summed E-state index contributed by atoms with van der Waals surface area (Å²) in [5, 5.41) is 22.1. The minimum absolute atomic E-state index is 0.0775. The van der Waals surface area contributed by atoms with Gasteiger partial charge in [-0.1, -0.05) is 27.7 Å². The zero-order valence-corrected chi connectivity index (χ0v) is 23.3. The number of aliphatic imine (C=N–C) groups is 1. The molecule has 0 saturated heterocycles. The maximum Gasteiger partial charge on any atom is 0.245 e. The fraction of sp³-hybridized carbons (Fsp3) is 0.708. The fourth-order valence-electron chi connectivity index (χ4n) is 3.41. The molecule has 0 aliphatic carbocycles. The molecule has 0 heterocycles. The van der Waals surface area contributed by atoms with Crippen LogP contribution in [-0.4, -0.2) is 90.8 Å². The van der Waals surface area contributed by atoms with Crippen LogP contribution in [0.15, 0.2) is 4.99 Å². The molecule has 15 heteroatoms. The van der Waals surface area contributed by atoms with Gasteiger partial charge in [0.2, 0.25) is 29.5 Å². The first kappa shape index (κ1) is 35.2. The lowest BCUT2D eigenvalue weighted by Crippen LogP contribution is -2.59. The van der Waals surface area contributed by atoms with Crippen molar-refractivity contribution in [3.63, 3.8) is 0 Å². The molecule has 0 aromatic heterocycles. The summed E-state index contributed by atoms with van der Waals surface area (Å²) in [5.41, 5.74) is 10.6. The summed E-state index contributed by atoms with van der Waals surface area (Å²) < 4.78 is 0. The average Bonchev–Trinajstić information content (AvgIpc) is 2.84. The molecule has 15 nitrogen and oxygen atoms in total. The molecular formula is C24H44N8O7. The Bertz CT molecular complexity index is 875. The van der Waals surface area contributed by atoms with Crippen LogP contribution in [0, 0.1) is 11.8 Å². The number of guanidine groups is 1. The quantitative estimate of drug-likeness (QED) is 0.0370. The third-order valence-corrected chi connectivity index (χ3v) is 5.37. The number of carbonyl (C=O) groups excluding carboxylic acids is 6. The van der Waals surface area contributed by atoms with Crippen molar-refractivity contribution in [2.45, 2.75) is 78.0 Å². The third kappa shape index (κ3) is 15.3. The Morgan fingerprint density at radius 3 is 2.00 bits per heavy atom. The first-order valence-corrected chi connectivity index (χ1v) is 12.8. The number of rotatable bonds is 18. The number of amides is 5. The van der Waals surface area contributed by atoms with E-state index in [4.69, 9.17) is 11.5 Å². The zero-order valence-electron chi connectivity index (χ0n) is 23.3. The second-order valence-electron chi connectivity index (χ2n) is 9.83. The van der Waals surface area contributed by atoms with Gasteiger partial charge >= 0.3 is 0 Å². The molecule has 10 N–H and O–H groups in total. The van der Waals surface area contributed by atoms with Gasteiger partial charge in [-0.05, 0) is 31.1 Å². The molecule has 0 bridgehead atoms. The van der Waals surface area contributed by atoms with Gasteiger partial charge in [-0.15, -0.1) is 0 Å². The largest absolute Gasteiger partial charge is 0.394 e. The minimum atomic E-state index is -1.45. The predicted molar refractivity (Wildman–Crippen MR) is 144 cm³/mol. The molecule has 0 fully saturated rings. The summed E-state index contributed by atoms with van der Waals surface area (Å²) in [6, 6.07) is -4.37. The molecule has 0 aromatic rings. The van der Waals surface area contributed by atoms with Gasteiger partial charge in [-0.2, -0.15) is 0 Å². The molecule has 4 atom stereocenters. The number of hydrogen-bond donors (Lipinski definition) is 8. The van der Waals surface area contributed by atoms with Crippen LogP contribution in [0.5, 0.6) is 0 Å². The molecule has 0 saturated carbocycles. The van der Waals surface area contributed by atoms with E-state index in [2.05, 4.69) is 31.6 Å². The number of carbonyl (C=O) groups is 6. The van der Waals surface area contributed by atoms with Crippen molar-refractivity contribution >= 4 is 41.8 Å². The SMILES string of the molecule is CC(=O)NCC(=O)N[C@@H](CCCN=C(N)N)C(=O)N[C@@H](CO)C(=O)N[C@H](C(=O)N[C@H](C=O)CC(C)C)C(C)C.